The van der Waals surface area contributed by atoms with Crippen LogP contribution in [0.15, 0.2) is 6.07 Å². The number of carbonyl (C=O) groups is 1. The number of anilines is 1. The summed E-state index contributed by atoms with van der Waals surface area (Å²) in [5.74, 6) is 0.0514. The first-order chi connectivity index (χ1) is 5.65. The van der Waals surface area contributed by atoms with Crippen LogP contribution < -0.4 is 5.73 Å². The molecule has 64 valence electrons. The second-order valence-corrected chi connectivity index (χ2v) is 2.63. The summed E-state index contributed by atoms with van der Waals surface area (Å²) in [6.45, 7) is 1.75. The van der Waals surface area contributed by atoms with Gasteiger partial charge in [0.15, 0.2) is 16.8 Å². The van der Waals surface area contributed by atoms with Gasteiger partial charge in [0.05, 0.1) is 5.56 Å². The average Bonchev–Trinajstić information content (AvgIpc) is 2.08. The zero-order chi connectivity index (χ0) is 9.14. The summed E-state index contributed by atoms with van der Waals surface area (Å²) in [7, 11) is 0. The number of Topliss-reactive ketones (excluding diaryl/α,β-unsaturated/α-hetero) is 1. The van der Waals surface area contributed by atoms with Crippen molar-refractivity contribution >= 4 is 23.2 Å². The topological polar surface area (TPSA) is 68.9 Å². The van der Waals surface area contributed by atoms with E-state index in [1.807, 2.05) is 0 Å². The minimum Gasteiger partial charge on any atom is -0.382 e. The molecule has 0 spiro atoms. The first-order valence-corrected chi connectivity index (χ1v) is 3.84. The highest BCUT2D eigenvalue weighted by Crippen LogP contribution is 2.13. The van der Waals surface area contributed by atoms with Crippen LogP contribution in [0, 0.1) is 0 Å². The predicted molar refractivity (Wildman–Crippen MR) is 46.1 cm³/mol. The monoisotopic (exact) mass is 185 g/mol. The average molecular weight is 186 g/mol. The Morgan fingerprint density at radius 1 is 1.67 bits per heavy atom. The Kier molecular flexibility index (Phi) is 2.60. The standard InChI is InChI=1S/C7H8ClN3O/c1-2-5(12)4-3-6(8)10-11-7(4)9/h3H,2H2,1H3,(H2,9,11). The fourth-order valence-electron chi connectivity index (χ4n) is 0.791. The zero-order valence-corrected chi connectivity index (χ0v) is 7.30. The van der Waals surface area contributed by atoms with Gasteiger partial charge in [-0.25, -0.2) is 0 Å². The van der Waals surface area contributed by atoms with E-state index in [-0.39, 0.29) is 16.8 Å². The lowest BCUT2D eigenvalue weighted by atomic mass is 10.1. The van der Waals surface area contributed by atoms with Gasteiger partial charge in [0.2, 0.25) is 0 Å². The molecule has 5 heteroatoms. The van der Waals surface area contributed by atoms with Crippen LogP contribution in [-0.4, -0.2) is 16.0 Å². The van der Waals surface area contributed by atoms with Crippen LogP contribution in [0.2, 0.25) is 5.15 Å². The van der Waals surface area contributed by atoms with Crippen molar-refractivity contribution in [3.63, 3.8) is 0 Å². The maximum atomic E-state index is 11.2. The fraction of sp³-hybridized carbons (Fsp3) is 0.286. The minimum absolute atomic E-state index is 0.0794. The number of nitrogens with zero attached hydrogens (tertiary/aromatic N) is 2. The van der Waals surface area contributed by atoms with Gasteiger partial charge in [-0.15, -0.1) is 10.2 Å². The van der Waals surface area contributed by atoms with E-state index < -0.39 is 0 Å². The fourth-order valence-corrected chi connectivity index (χ4v) is 0.938. The highest BCUT2D eigenvalue weighted by Gasteiger charge is 2.09. The second kappa shape index (κ2) is 3.49. The largest absolute Gasteiger partial charge is 0.382 e. The van der Waals surface area contributed by atoms with Crippen molar-refractivity contribution in [2.24, 2.45) is 0 Å². The van der Waals surface area contributed by atoms with Crippen LogP contribution in [0.5, 0.6) is 0 Å². The van der Waals surface area contributed by atoms with Crippen molar-refractivity contribution in [3.8, 4) is 0 Å². The van der Waals surface area contributed by atoms with Crippen molar-refractivity contribution in [1.29, 1.82) is 0 Å². The number of hydrogen-bond acceptors (Lipinski definition) is 4. The minimum atomic E-state index is -0.0794. The summed E-state index contributed by atoms with van der Waals surface area (Å²) in [6.07, 6.45) is 0.381. The van der Waals surface area contributed by atoms with E-state index in [2.05, 4.69) is 10.2 Å². The normalized spacial score (nSPS) is 9.83. The van der Waals surface area contributed by atoms with Gasteiger partial charge in [-0.3, -0.25) is 4.79 Å². The molecule has 0 atom stereocenters. The van der Waals surface area contributed by atoms with E-state index in [1.165, 1.54) is 6.07 Å². The molecule has 0 radical (unpaired) electrons. The SMILES string of the molecule is CCC(=O)c1cc(Cl)nnc1N. The van der Waals surface area contributed by atoms with E-state index >= 15 is 0 Å². The maximum absolute atomic E-state index is 11.2. The summed E-state index contributed by atoms with van der Waals surface area (Å²) >= 11 is 5.54. The summed E-state index contributed by atoms with van der Waals surface area (Å²) in [4.78, 5) is 11.2. The van der Waals surface area contributed by atoms with Crippen LogP contribution in [0.4, 0.5) is 5.82 Å². The number of halogens is 1. The Hall–Kier alpha value is -1.16. The van der Waals surface area contributed by atoms with Crippen LogP contribution in [-0.2, 0) is 0 Å². The molecular formula is C7H8ClN3O. The molecule has 0 amide bonds. The highest BCUT2D eigenvalue weighted by atomic mass is 35.5. The van der Waals surface area contributed by atoms with Crippen LogP contribution >= 0.6 is 11.6 Å². The number of ketones is 1. The second-order valence-electron chi connectivity index (χ2n) is 2.24. The molecule has 1 aromatic rings. The van der Waals surface area contributed by atoms with Gasteiger partial charge >= 0.3 is 0 Å². The predicted octanol–water partition coefficient (Wildman–Crippen LogP) is 1.30. The number of rotatable bonds is 2. The first kappa shape index (κ1) is 8.93. The van der Waals surface area contributed by atoms with Crippen LogP contribution in [0.1, 0.15) is 23.7 Å². The van der Waals surface area contributed by atoms with Gasteiger partial charge < -0.3 is 5.73 Å². The molecule has 0 bridgehead atoms. The van der Waals surface area contributed by atoms with Crippen molar-refractivity contribution in [1.82, 2.24) is 10.2 Å². The summed E-state index contributed by atoms with van der Waals surface area (Å²) in [5.41, 5.74) is 5.76. The molecule has 0 saturated carbocycles. The molecule has 0 unspecified atom stereocenters. The molecule has 12 heavy (non-hydrogen) atoms. The molecule has 1 aromatic heterocycles. The number of aromatic nitrogens is 2. The molecule has 2 N–H and O–H groups in total. The Balaban J connectivity index is 3.13. The van der Waals surface area contributed by atoms with Crippen molar-refractivity contribution in [2.45, 2.75) is 13.3 Å². The molecule has 0 fully saturated rings. The number of nitrogen functional groups attached to an aromatic ring is 1. The van der Waals surface area contributed by atoms with Crippen molar-refractivity contribution < 1.29 is 4.79 Å². The first-order valence-electron chi connectivity index (χ1n) is 3.47. The molecule has 1 heterocycles. The zero-order valence-electron chi connectivity index (χ0n) is 6.54. The van der Waals surface area contributed by atoms with Gasteiger partial charge in [-0.2, -0.15) is 0 Å². The number of nitrogens with two attached hydrogens (primary N) is 1. The summed E-state index contributed by atoms with van der Waals surface area (Å²) in [5, 5.41) is 7.20. The van der Waals surface area contributed by atoms with E-state index in [0.717, 1.165) is 0 Å². The summed E-state index contributed by atoms with van der Waals surface area (Å²) in [6, 6.07) is 1.43. The molecule has 4 nitrogen and oxygen atoms in total. The van der Waals surface area contributed by atoms with Crippen molar-refractivity contribution in [3.05, 3.63) is 16.8 Å². The molecule has 0 aliphatic heterocycles. The number of carbonyl (C=O) groups excluding carboxylic acids is 1. The molecule has 0 aromatic carbocycles. The number of hydrogen-bond donors (Lipinski definition) is 1. The third-order valence-electron chi connectivity index (χ3n) is 1.41. The lowest BCUT2D eigenvalue weighted by molar-refractivity contribution is 0.0988. The highest BCUT2D eigenvalue weighted by molar-refractivity contribution is 6.29. The Labute approximate surface area is 74.7 Å². The summed E-state index contributed by atoms with van der Waals surface area (Å²) < 4.78 is 0. The Morgan fingerprint density at radius 2 is 2.33 bits per heavy atom. The lowest BCUT2D eigenvalue weighted by Crippen LogP contribution is -2.05. The van der Waals surface area contributed by atoms with E-state index in [9.17, 15) is 4.79 Å². The van der Waals surface area contributed by atoms with Crippen LogP contribution in [0.25, 0.3) is 0 Å². The Morgan fingerprint density at radius 3 is 2.92 bits per heavy atom. The molecule has 0 aliphatic rings. The van der Waals surface area contributed by atoms with Gasteiger partial charge in [-0.05, 0) is 6.07 Å². The van der Waals surface area contributed by atoms with Crippen LogP contribution in [0.3, 0.4) is 0 Å². The van der Waals surface area contributed by atoms with Crippen molar-refractivity contribution in [2.75, 3.05) is 5.73 Å². The van der Waals surface area contributed by atoms with E-state index in [1.54, 1.807) is 6.92 Å². The lowest BCUT2D eigenvalue weighted by Gasteiger charge is -2.00. The van der Waals surface area contributed by atoms with Gasteiger partial charge in [-0.1, -0.05) is 18.5 Å². The van der Waals surface area contributed by atoms with E-state index in [0.29, 0.717) is 12.0 Å². The third kappa shape index (κ3) is 1.71. The molecule has 0 aliphatic carbocycles. The quantitative estimate of drug-likeness (QED) is 0.706. The molecule has 0 saturated heterocycles. The third-order valence-corrected chi connectivity index (χ3v) is 1.60. The molecular weight excluding hydrogens is 178 g/mol. The van der Waals surface area contributed by atoms with E-state index in [4.69, 9.17) is 17.3 Å². The maximum Gasteiger partial charge on any atom is 0.166 e. The molecule has 1 rings (SSSR count). The smallest absolute Gasteiger partial charge is 0.166 e. The van der Waals surface area contributed by atoms with Gasteiger partial charge in [0.1, 0.15) is 0 Å². The Bertz CT molecular complexity index is 314. The van der Waals surface area contributed by atoms with Gasteiger partial charge in [0, 0.05) is 6.42 Å². The van der Waals surface area contributed by atoms with Gasteiger partial charge in [0.25, 0.3) is 0 Å².